The average molecular weight is 227 g/mol. The van der Waals surface area contributed by atoms with E-state index in [4.69, 9.17) is 5.73 Å². The zero-order valence-electron chi connectivity index (χ0n) is 9.12. The molecule has 0 unspecified atom stereocenters. The molecule has 4 nitrogen and oxygen atoms in total. The van der Waals surface area contributed by atoms with Crippen molar-refractivity contribution in [2.75, 3.05) is 5.75 Å². The Morgan fingerprint density at radius 1 is 1.60 bits per heavy atom. The molecule has 0 spiro atoms. The van der Waals surface area contributed by atoms with Gasteiger partial charge in [-0.25, -0.2) is 4.98 Å². The third-order valence-electron chi connectivity index (χ3n) is 1.74. The number of rotatable bonds is 5. The lowest BCUT2D eigenvalue weighted by atomic mass is 10.3. The van der Waals surface area contributed by atoms with Crippen LogP contribution >= 0.6 is 11.8 Å². The Morgan fingerprint density at radius 3 is 2.93 bits per heavy atom. The number of nitrogens with one attached hydrogen (secondary N) is 1. The van der Waals surface area contributed by atoms with Gasteiger partial charge in [-0.05, 0) is 11.7 Å². The third kappa shape index (κ3) is 4.48. The van der Waals surface area contributed by atoms with E-state index >= 15 is 0 Å². The Kier molecular flexibility index (Phi) is 4.84. The minimum atomic E-state index is -0.120. The fourth-order valence-electron chi connectivity index (χ4n) is 1.13. The molecule has 3 N–H and O–H groups in total. The van der Waals surface area contributed by atoms with Gasteiger partial charge in [-0.1, -0.05) is 13.8 Å². The first-order valence-corrected chi connectivity index (χ1v) is 6.14. The molecule has 1 aromatic rings. The van der Waals surface area contributed by atoms with Crippen LogP contribution in [0.1, 0.15) is 25.4 Å². The molecule has 0 aliphatic carbocycles. The zero-order chi connectivity index (χ0) is 11.3. The van der Waals surface area contributed by atoms with Crippen LogP contribution in [0, 0.1) is 5.92 Å². The van der Waals surface area contributed by atoms with Crippen LogP contribution in [-0.2, 0) is 12.3 Å². The van der Waals surface area contributed by atoms with Crippen molar-refractivity contribution in [3.05, 3.63) is 27.9 Å². The Bertz CT molecular complexity index is 362. The van der Waals surface area contributed by atoms with Crippen LogP contribution in [0.5, 0.6) is 0 Å². The van der Waals surface area contributed by atoms with Crippen LogP contribution in [0.2, 0.25) is 0 Å². The predicted octanol–water partition coefficient (Wildman–Crippen LogP) is 1.12. The normalized spacial score (nSPS) is 10.9. The minimum absolute atomic E-state index is 0.120. The second kappa shape index (κ2) is 5.92. The number of H-pyrrole nitrogens is 1. The second-order valence-electron chi connectivity index (χ2n) is 3.80. The zero-order valence-corrected chi connectivity index (χ0v) is 9.93. The molecule has 15 heavy (non-hydrogen) atoms. The van der Waals surface area contributed by atoms with Crippen LogP contribution < -0.4 is 11.3 Å². The first kappa shape index (κ1) is 12.3. The van der Waals surface area contributed by atoms with Crippen LogP contribution in [0.25, 0.3) is 0 Å². The molecule has 0 fully saturated rings. The van der Waals surface area contributed by atoms with E-state index < -0.39 is 0 Å². The van der Waals surface area contributed by atoms with Gasteiger partial charge >= 0.3 is 0 Å². The van der Waals surface area contributed by atoms with E-state index in [9.17, 15) is 4.79 Å². The Labute approximate surface area is 93.7 Å². The van der Waals surface area contributed by atoms with Gasteiger partial charge in [0.05, 0.1) is 11.4 Å². The number of aromatic nitrogens is 2. The third-order valence-corrected chi connectivity index (χ3v) is 3.12. The van der Waals surface area contributed by atoms with Crippen molar-refractivity contribution in [2.24, 2.45) is 11.7 Å². The van der Waals surface area contributed by atoms with E-state index in [0.29, 0.717) is 24.0 Å². The minimum Gasteiger partial charge on any atom is -0.325 e. The van der Waals surface area contributed by atoms with Gasteiger partial charge in [0.15, 0.2) is 0 Å². The maximum atomic E-state index is 11.2. The van der Waals surface area contributed by atoms with Gasteiger partial charge in [0.25, 0.3) is 5.56 Å². The smallest absolute Gasteiger partial charge is 0.251 e. The molecular weight excluding hydrogens is 210 g/mol. The van der Waals surface area contributed by atoms with Gasteiger partial charge in [0.2, 0.25) is 0 Å². The lowest BCUT2D eigenvalue weighted by molar-refractivity contribution is 0.749. The Morgan fingerprint density at radius 2 is 2.33 bits per heavy atom. The monoisotopic (exact) mass is 227 g/mol. The lowest BCUT2D eigenvalue weighted by Gasteiger charge is -2.04. The van der Waals surface area contributed by atoms with Gasteiger partial charge in [-0.2, -0.15) is 11.8 Å². The van der Waals surface area contributed by atoms with Gasteiger partial charge < -0.3 is 10.7 Å². The second-order valence-corrected chi connectivity index (χ2v) is 4.83. The van der Waals surface area contributed by atoms with Crippen LogP contribution in [0.4, 0.5) is 0 Å². The maximum absolute atomic E-state index is 11.2. The fraction of sp³-hybridized carbons (Fsp3) is 0.600. The molecule has 0 aromatic carbocycles. The standard InChI is InChI=1S/C10H17N3OS/c1-7(2)5-15-6-9-12-8(4-11)3-10(14)13-9/h3,7H,4-6,11H2,1-2H3,(H,12,13,14). The SMILES string of the molecule is CC(C)CSCc1nc(CN)cc(=O)[nH]1. The van der Waals surface area contributed by atoms with Crippen molar-refractivity contribution in [3.8, 4) is 0 Å². The highest BCUT2D eigenvalue weighted by atomic mass is 32.2. The van der Waals surface area contributed by atoms with E-state index in [1.165, 1.54) is 6.07 Å². The summed E-state index contributed by atoms with van der Waals surface area (Å²) in [6, 6.07) is 1.44. The quantitative estimate of drug-likeness (QED) is 0.790. The Hall–Kier alpha value is -0.810. The molecule has 1 heterocycles. The van der Waals surface area contributed by atoms with E-state index in [0.717, 1.165) is 11.5 Å². The predicted molar refractivity (Wildman–Crippen MR) is 63.7 cm³/mol. The summed E-state index contributed by atoms with van der Waals surface area (Å²) >= 11 is 1.77. The van der Waals surface area contributed by atoms with Crippen molar-refractivity contribution < 1.29 is 0 Å². The van der Waals surface area contributed by atoms with Crippen molar-refractivity contribution in [2.45, 2.75) is 26.1 Å². The molecule has 0 aliphatic rings. The summed E-state index contributed by atoms with van der Waals surface area (Å²) in [5.41, 5.74) is 5.97. The van der Waals surface area contributed by atoms with Crippen molar-refractivity contribution in [1.29, 1.82) is 0 Å². The van der Waals surface area contributed by atoms with Gasteiger partial charge in [-0.3, -0.25) is 4.79 Å². The molecule has 0 aliphatic heterocycles. The number of aromatic amines is 1. The first-order chi connectivity index (χ1) is 7.11. The number of hydrogen-bond acceptors (Lipinski definition) is 4. The highest BCUT2D eigenvalue weighted by Crippen LogP contribution is 2.11. The summed E-state index contributed by atoms with van der Waals surface area (Å²) in [7, 11) is 0. The van der Waals surface area contributed by atoms with Crippen LogP contribution in [-0.4, -0.2) is 15.7 Å². The molecule has 0 bridgehead atoms. The highest BCUT2D eigenvalue weighted by molar-refractivity contribution is 7.98. The summed E-state index contributed by atoms with van der Waals surface area (Å²) < 4.78 is 0. The van der Waals surface area contributed by atoms with E-state index in [2.05, 4.69) is 23.8 Å². The van der Waals surface area contributed by atoms with Crippen molar-refractivity contribution >= 4 is 11.8 Å². The van der Waals surface area contributed by atoms with Crippen molar-refractivity contribution in [3.63, 3.8) is 0 Å². The van der Waals surface area contributed by atoms with E-state index in [-0.39, 0.29) is 5.56 Å². The lowest BCUT2D eigenvalue weighted by Crippen LogP contribution is -2.14. The molecule has 0 amide bonds. The molecule has 1 rings (SSSR count). The largest absolute Gasteiger partial charge is 0.325 e. The number of nitrogens with two attached hydrogens (primary N) is 1. The van der Waals surface area contributed by atoms with Gasteiger partial charge in [0.1, 0.15) is 5.82 Å². The van der Waals surface area contributed by atoms with E-state index in [1.54, 1.807) is 11.8 Å². The molecule has 84 valence electrons. The molecule has 0 saturated carbocycles. The van der Waals surface area contributed by atoms with Crippen LogP contribution in [0.3, 0.4) is 0 Å². The number of nitrogens with zero attached hydrogens (tertiary/aromatic N) is 1. The highest BCUT2D eigenvalue weighted by Gasteiger charge is 2.01. The summed E-state index contributed by atoms with van der Waals surface area (Å²) in [5, 5.41) is 0. The maximum Gasteiger partial charge on any atom is 0.251 e. The molecule has 0 radical (unpaired) electrons. The summed E-state index contributed by atoms with van der Waals surface area (Å²) in [6.07, 6.45) is 0. The van der Waals surface area contributed by atoms with Gasteiger partial charge in [0, 0.05) is 12.6 Å². The molecule has 5 heteroatoms. The average Bonchev–Trinajstić information content (AvgIpc) is 2.16. The molecule has 0 atom stereocenters. The number of thioether (sulfide) groups is 1. The molecular formula is C10H17N3OS. The number of hydrogen-bond donors (Lipinski definition) is 2. The topological polar surface area (TPSA) is 71.8 Å². The summed E-state index contributed by atoms with van der Waals surface area (Å²) in [4.78, 5) is 18.2. The summed E-state index contributed by atoms with van der Waals surface area (Å²) in [6.45, 7) is 4.64. The Balaban J connectivity index is 2.60. The summed E-state index contributed by atoms with van der Waals surface area (Å²) in [5.74, 6) is 3.17. The molecule has 1 aromatic heterocycles. The van der Waals surface area contributed by atoms with Crippen LogP contribution in [0.15, 0.2) is 10.9 Å². The van der Waals surface area contributed by atoms with E-state index in [1.807, 2.05) is 0 Å². The fourth-order valence-corrected chi connectivity index (χ4v) is 2.05. The van der Waals surface area contributed by atoms with Gasteiger partial charge in [-0.15, -0.1) is 0 Å². The molecule has 0 saturated heterocycles. The van der Waals surface area contributed by atoms with Crippen molar-refractivity contribution in [1.82, 2.24) is 9.97 Å². The first-order valence-electron chi connectivity index (χ1n) is 4.98.